The zero-order valence-corrected chi connectivity index (χ0v) is 13.9. The summed E-state index contributed by atoms with van der Waals surface area (Å²) < 4.78 is 24.1. The third-order valence-electron chi connectivity index (χ3n) is 4.23. The van der Waals surface area contributed by atoms with Gasteiger partial charge in [0, 0.05) is 30.5 Å². The highest BCUT2D eigenvalue weighted by atomic mass is 35.7. The second kappa shape index (κ2) is 6.01. The van der Waals surface area contributed by atoms with Crippen LogP contribution in [0.3, 0.4) is 0 Å². The maximum absolute atomic E-state index is 12.2. The van der Waals surface area contributed by atoms with Crippen LogP contribution in [-0.2, 0) is 16.1 Å². The summed E-state index contributed by atoms with van der Waals surface area (Å²) >= 11 is 0. The number of halogens is 1. The molecule has 1 saturated carbocycles. The number of hydrogen-bond donors (Lipinski definition) is 1. The monoisotopic (exact) mass is 332 g/mol. The lowest BCUT2D eigenvalue weighted by Gasteiger charge is -2.33. The van der Waals surface area contributed by atoms with Crippen LogP contribution >= 0.6 is 10.7 Å². The van der Waals surface area contributed by atoms with Gasteiger partial charge in [0.15, 0.2) is 0 Å². The Bertz CT molecular complexity index is 631. The van der Waals surface area contributed by atoms with Gasteiger partial charge >= 0.3 is 0 Å². The summed E-state index contributed by atoms with van der Waals surface area (Å²) in [5, 5.41) is 2.92. The molecule has 0 unspecified atom stereocenters. The first-order valence-corrected chi connectivity index (χ1v) is 9.41. The second-order valence-electron chi connectivity index (χ2n) is 6.16. The molecule has 5 nitrogen and oxygen atoms in total. The summed E-state index contributed by atoms with van der Waals surface area (Å²) in [7, 11) is 3.11. The lowest BCUT2D eigenvalue weighted by Crippen LogP contribution is -2.37. The predicted molar refractivity (Wildman–Crippen MR) is 82.0 cm³/mol. The maximum Gasteiger partial charge on any atom is 0.267 e. The number of nitrogens with zero attached hydrogens (tertiary/aromatic N) is 1. The van der Waals surface area contributed by atoms with E-state index in [1.54, 1.807) is 7.05 Å². The van der Waals surface area contributed by atoms with Gasteiger partial charge in [-0.2, -0.15) is 0 Å². The number of nitrogens with one attached hydrogen (secondary N) is 1. The van der Waals surface area contributed by atoms with Crippen LogP contribution in [-0.4, -0.2) is 25.4 Å². The first-order valence-electron chi connectivity index (χ1n) is 7.11. The van der Waals surface area contributed by atoms with Crippen LogP contribution in [0.2, 0.25) is 0 Å². The highest BCUT2D eigenvalue weighted by Crippen LogP contribution is 2.35. The Kier molecular flexibility index (Phi) is 4.68. The quantitative estimate of drug-likeness (QED) is 0.862. The molecule has 21 heavy (non-hydrogen) atoms. The van der Waals surface area contributed by atoms with Crippen molar-refractivity contribution in [1.82, 2.24) is 9.88 Å². The topological polar surface area (TPSA) is 68.2 Å². The van der Waals surface area contributed by atoms with Crippen molar-refractivity contribution in [2.45, 2.75) is 43.9 Å². The van der Waals surface area contributed by atoms with Gasteiger partial charge in [-0.15, -0.1) is 0 Å². The number of hydrogen-bond acceptors (Lipinski definition) is 3. The van der Waals surface area contributed by atoms with Crippen LogP contribution in [0, 0.1) is 5.41 Å². The first-order chi connectivity index (χ1) is 9.71. The van der Waals surface area contributed by atoms with Crippen molar-refractivity contribution in [2.24, 2.45) is 12.5 Å². The van der Waals surface area contributed by atoms with E-state index in [0.29, 0.717) is 12.2 Å². The van der Waals surface area contributed by atoms with Crippen molar-refractivity contribution in [3.05, 3.63) is 18.0 Å². The maximum atomic E-state index is 12.2. The highest BCUT2D eigenvalue weighted by molar-refractivity contribution is 8.13. The molecule has 1 aromatic heterocycles. The van der Waals surface area contributed by atoms with Gasteiger partial charge in [0.2, 0.25) is 0 Å². The molecular formula is C14H21ClN2O3S. The molecule has 0 aliphatic heterocycles. The van der Waals surface area contributed by atoms with Crippen LogP contribution in [0.15, 0.2) is 17.2 Å². The third-order valence-corrected chi connectivity index (χ3v) is 5.55. The standard InChI is InChI=1S/C14H21ClN2O3S/c1-14(6-4-3-5-7-14)10-16-13(18)12-8-11(9-17(12)2)21(15,19)20/h8-9H,3-7,10H2,1-2H3,(H,16,18). The number of aromatic nitrogens is 1. The molecule has 1 fully saturated rings. The number of carbonyl (C=O) groups excluding carboxylic acids is 1. The van der Waals surface area contributed by atoms with Gasteiger partial charge < -0.3 is 9.88 Å². The van der Waals surface area contributed by atoms with Crippen molar-refractivity contribution in [2.75, 3.05) is 6.54 Å². The van der Waals surface area contributed by atoms with Gasteiger partial charge in [-0.1, -0.05) is 26.2 Å². The molecule has 1 aliphatic carbocycles. The summed E-state index contributed by atoms with van der Waals surface area (Å²) in [4.78, 5) is 12.2. The van der Waals surface area contributed by atoms with Crippen LogP contribution in [0.1, 0.15) is 49.5 Å². The fourth-order valence-corrected chi connectivity index (χ4v) is 3.65. The zero-order chi connectivity index (χ0) is 15.7. The molecular weight excluding hydrogens is 312 g/mol. The summed E-state index contributed by atoms with van der Waals surface area (Å²) in [5.74, 6) is -0.268. The van der Waals surface area contributed by atoms with Crippen molar-refractivity contribution in [3.63, 3.8) is 0 Å². The number of amides is 1. The van der Waals surface area contributed by atoms with Gasteiger partial charge in [0.05, 0.1) is 0 Å². The Labute approximate surface area is 130 Å². The smallest absolute Gasteiger partial charge is 0.267 e. The SMILES string of the molecule is Cn1cc(S(=O)(=O)Cl)cc1C(=O)NCC1(C)CCCCC1. The van der Waals surface area contributed by atoms with E-state index in [0.717, 1.165) is 12.8 Å². The van der Waals surface area contributed by atoms with E-state index in [9.17, 15) is 13.2 Å². The predicted octanol–water partition coefficient (Wildman–Crippen LogP) is 2.65. The Hall–Kier alpha value is -1.01. The second-order valence-corrected chi connectivity index (χ2v) is 8.73. The van der Waals surface area contributed by atoms with Crippen LogP contribution in [0.4, 0.5) is 0 Å². The molecule has 0 saturated heterocycles. The largest absolute Gasteiger partial charge is 0.350 e. The zero-order valence-electron chi connectivity index (χ0n) is 12.4. The highest BCUT2D eigenvalue weighted by Gasteiger charge is 2.28. The molecule has 0 atom stereocenters. The van der Waals surface area contributed by atoms with E-state index in [2.05, 4.69) is 12.2 Å². The molecule has 1 aromatic rings. The van der Waals surface area contributed by atoms with Crippen LogP contribution < -0.4 is 5.32 Å². The van der Waals surface area contributed by atoms with Gasteiger partial charge in [-0.25, -0.2) is 8.42 Å². The van der Waals surface area contributed by atoms with Crippen molar-refractivity contribution in [1.29, 1.82) is 0 Å². The van der Waals surface area contributed by atoms with E-state index in [4.69, 9.17) is 10.7 Å². The van der Waals surface area contributed by atoms with Gasteiger partial charge in [0.1, 0.15) is 10.6 Å². The molecule has 7 heteroatoms. The van der Waals surface area contributed by atoms with Crippen molar-refractivity contribution >= 4 is 25.6 Å². The van der Waals surface area contributed by atoms with E-state index in [1.807, 2.05) is 0 Å². The van der Waals surface area contributed by atoms with Crippen molar-refractivity contribution < 1.29 is 13.2 Å². The number of carbonyl (C=O) groups is 1. The Balaban J connectivity index is 2.05. The van der Waals surface area contributed by atoms with E-state index >= 15 is 0 Å². The van der Waals surface area contributed by atoms with Crippen LogP contribution in [0.5, 0.6) is 0 Å². The lowest BCUT2D eigenvalue weighted by molar-refractivity contribution is 0.0911. The molecule has 1 heterocycles. The first kappa shape index (κ1) is 16.4. The Morgan fingerprint density at radius 1 is 1.38 bits per heavy atom. The fraction of sp³-hybridized carbons (Fsp3) is 0.643. The number of aryl methyl sites for hydroxylation is 1. The molecule has 2 rings (SSSR count). The molecule has 0 aromatic carbocycles. The van der Waals surface area contributed by atoms with E-state index in [-0.39, 0.29) is 16.2 Å². The third kappa shape index (κ3) is 4.01. The summed E-state index contributed by atoms with van der Waals surface area (Å²) in [6.45, 7) is 2.80. The van der Waals surface area contributed by atoms with Gasteiger partial charge in [-0.3, -0.25) is 4.79 Å². The summed E-state index contributed by atoms with van der Waals surface area (Å²) in [6, 6.07) is 1.31. The normalized spacial score (nSPS) is 18.4. The molecule has 118 valence electrons. The molecule has 0 radical (unpaired) electrons. The summed E-state index contributed by atoms with van der Waals surface area (Å²) in [6.07, 6.45) is 7.23. The fourth-order valence-electron chi connectivity index (χ4n) is 2.86. The van der Waals surface area contributed by atoms with Crippen molar-refractivity contribution in [3.8, 4) is 0 Å². The average Bonchev–Trinajstić information content (AvgIpc) is 2.79. The Morgan fingerprint density at radius 2 is 2.00 bits per heavy atom. The minimum atomic E-state index is -3.81. The molecule has 1 amide bonds. The minimum absolute atomic E-state index is 0.0549. The minimum Gasteiger partial charge on any atom is -0.350 e. The van der Waals surface area contributed by atoms with Crippen LogP contribution in [0.25, 0.3) is 0 Å². The van der Waals surface area contributed by atoms with Gasteiger partial charge in [0.25, 0.3) is 15.0 Å². The number of rotatable bonds is 4. The van der Waals surface area contributed by atoms with E-state index in [1.165, 1.54) is 36.1 Å². The molecule has 1 N–H and O–H groups in total. The van der Waals surface area contributed by atoms with Gasteiger partial charge in [-0.05, 0) is 24.3 Å². The molecule has 0 bridgehead atoms. The summed E-state index contributed by atoms with van der Waals surface area (Å²) in [5.41, 5.74) is 0.439. The molecule has 1 aliphatic rings. The molecule has 0 spiro atoms. The average molecular weight is 333 g/mol. The lowest BCUT2D eigenvalue weighted by atomic mass is 9.76. The Morgan fingerprint density at radius 3 is 2.52 bits per heavy atom. The van der Waals surface area contributed by atoms with E-state index < -0.39 is 9.05 Å².